The molecule has 5 heteroatoms. The monoisotopic (exact) mass is 314 g/mol. The van der Waals surface area contributed by atoms with E-state index >= 15 is 0 Å². The fraction of sp³-hybridized carbons (Fsp3) is 0.500. The first-order chi connectivity index (χ1) is 11.4. The van der Waals surface area contributed by atoms with Crippen molar-refractivity contribution in [2.75, 3.05) is 19.8 Å². The molecule has 0 aliphatic carbocycles. The van der Waals surface area contributed by atoms with Crippen molar-refractivity contribution < 1.29 is 14.2 Å². The third-order valence-corrected chi connectivity index (χ3v) is 4.49. The van der Waals surface area contributed by atoms with E-state index in [9.17, 15) is 0 Å². The van der Waals surface area contributed by atoms with Crippen LogP contribution in [-0.2, 0) is 22.6 Å². The molecule has 5 nitrogen and oxygen atoms in total. The van der Waals surface area contributed by atoms with Crippen LogP contribution >= 0.6 is 0 Å². The molecule has 0 saturated carbocycles. The van der Waals surface area contributed by atoms with Crippen molar-refractivity contribution in [3.05, 3.63) is 36.3 Å². The van der Waals surface area contributed by atoms with Crippen LogP contribution in [0.5, 0.6) is 5.75 Å². The van der Waals surface area contributed by atoms with Crippen LogP contribution in [0.3, 0.4) is 0 Å². The van der Waals surface area contributed by atoms with E-state index in [-0.39, 0.29) is 6.10 Å². The number of fused-ring (bicyclic) bond motifs is 1. The molecule has 1 saturated heterocycles. The van der Waals surface area contributed by atoms with Crippen LogP contribution in [-0.4, -0.2) is 35.5 Å². The van der Waals surface area contributed by atoms with E-state index in [1.54, 1.807) is 0 Å². The lowest BCUT2D eigenvalue weighted by Crippen LogP contribution is -2.25. The van der Waals surface area contributed by atoms with E-state index in [2.05, 4.69) is 21.7 Å². The van der Waals surface area contributed by atoms with E-state index in [1.807, 2.05) is 18.3 Å². The lowest BCUT2D eigenvalue weighted by molar-refractivity contribution is -0.0110. The zero-order chi connectivity index (χ0) is 15.5. The SMILES string of the molecule is c1cc(-c2cnc3n2CCOC3)ccc1OCC1CCCCO1. The molecule has 23 heavy (non-hydrogen) atoms. The fourth-order valence-corrected chi connectivity index (χ4v) is 3.18. The maximum absolute atomic E-state index is 5.86. The molecule has 1 fully saturated rings. The Morgan fingerprint density at radius 2 is 2.09 bits per heavy atom. The van der Waals surface area contributed by atoms with Gasteiger partial charge in [0, 0.05) is 18.7 Å². The highest BCUT2D eigenvalue weighted by molar-refractivity contribution is 5.60. The molecule has 4 rings (SSSR count). The fourth-order valence-electron chi connectivity index (χ4n) is 3.18. The molecule has 122 valence electrons. The lowest BCUT2D eigenvalue weighted by atomic mass is 10.1. The van der Waals surface area contributed by atoms with Crippen molar-refractivity contribution in [1.82, 2.24) is 9.55 Å². The van der Waals surface area contributed by atoms with E-state index in [0.717, 1.165) is 49.0 Å². The molecule has 2 aliphatic heterocycles. The van der Waals surface area contributed by atoms with Gasteiger partial charge in [0.05, 0.1) is 24.6 Å². The minimum Gasteiger partial charge on any atom is -0.491 e. The highest BCUT2D eigenvalue weighted by atomic mass is 16.5. The topological polar surface area (TPSA) is 45.5 Å². The van der Waals surface area contributed by atoms with Gasteiger partial charge in [-0.2, -0.15) is 0 Å². The van der Waals surface area contributed by atoms with Gasteiger partial charge in [0.15, 0.2) is 0 Å². The molecule has 2 aromatic rings. The first-order valence-corrected chi connectivity index (χ1v) is 8.37. The highest BCUT2D eigenvalue weighted by Crippen LogP contribution is 2.25. The van der Waals surface area contributed by atoms with Gasteiger partial charge in [0.2, 0.25) is 0 Å². The Morgan fingerprint density at radius 3 is 2.91 bits per heavy atom. The number of aromatic nitrogens is 2. The predicted molar refractivity (Wildman–Crippen MR) is 86.4 cm³/mol. The maximum atomic E-state index is 5.86. The van der Waals surface area contributed by atoms with Crippen LogP contribution in [0, 0.1) is 0 Å². The number of benzene rings is 1. The Kier molecular flexibility index (Phi) is 4.30. The summed E-state index contributed by atoms with van der Waals surface area (Å²) in [6.45, 7) is 3.71. The molecule has 0 bridgehead atoms. The molecular weight excluding hydrogens is 292 g/mol. The summed E-state index contributed by atoms with van der Waals surface area (Å²) in [7, 11) is 0. The van der Waals surface area contributed by atoms with Crippen LogP contribution in [0.25, 0.3) is 11.3 Å². The van der Waals surface area contributed by atoms with Crippen LogP contribution in [0.15, 0.2) is 30.5 Å². The second kappa shape index (κ2) is 6.72. The van der Waals surface area contributed by atoms with Crippen molar-refractivity contribution in [2.24, 2.45) is 0 Å². The van der Waals surface area contributed by atoms with Gasteiger partial charge in [-0.15, -0.1) is 0 Å². The van der Waals surface area contributed by atoms with Crippen LogP contribution in [0.1, 0.15) is 25.1 Å². The molecule has 1 aromatic heterocycles. The van der Waals surface area contributed by atoms with Crippen LogP contribution in [0.2, 0.25) is 0 Å². The summed E-state index contributed by atoms with van der Waals surface area (Å²) in [6, 6.07) is 8.24. The Bertz CT molecular complexity index is 645. The van der Waals surface area contributed by atoms with Crippen molar-refractivity contribution in [1.29, 1.82) is 0 Å². The Labute approximate surface area is 136 Å². The van der Waals surface area contributed by atoms with E-state index in [1.165, 1.54) is 12.8 Å². The minimum atomic E-state index is 0.241. The Hall–Kier alpha value is -1.85. The standard InChI is InChI=1S/C18H22N2O3/c1-2-9-22-16(3-1)12-23-15-6-4-14(5-7-15)17-11-19-18-13-21-10-8-20(17)18/h4-7,11,16H,1-3,8-10,12-13H2. The van der Waals surface area contributed by atoms with Gasteiger partial charge in [0.1, 0.15) is 24.8 Å². The van der Waals surface area contributed by atoms with E-state index in [0.29, 0.717) is 13.2 Å². The molecule has 0 spiro atoms. The molecule has 1 atom stereocenters. The van der Waals surface area contributed by atoms with Gasteiger partial charge in [-0.1, -0.05) is 0 Å². The molecule has 3 heterocycles. The van der Waals surface area contributed by atoms with Crippen LogP contribution in [0.4, 0.5) is 0 Å². The summed E-state index contributed by atoms with van der Waals surface area (Å²) in [4.78, 5) is 4.44. The maximum Gasteiger partial charge on any atom is 0.135 e. The molecular formula is C18H22N2O3. The van der Waals surface area contributed by atoms with Crippen molar-refractivity contribution in [3.8, 4) is 17.0 Å². The third kappa shape index (κ3) is 3.26. The Balaban J connectivity index is 1.42. The number of nitrogens with zero attached hydrogens (tertiary/aromatic N) is 2. The van der Waals surface area contributed by atoms with Gasteiger partial charge in [0.25, 0.3) is 0 Å². The van der Waals surface area contributed by atoms with Gasteiger partial charge < -0.3 is 18.8 Å². The molecule has 0 radical (unpaired) electrons. The first kappa shape index (κ1) is 14.7. The van der Waals surface area contributed by atoms with E-state index in [4.69, 9.17) is 14.2 Å². The summed E-state index contributed by atoms with van der Waals surface area (Å²) in [5.41, 5.74) is 2.30. The third-order valence-electron chi connectivity index (χ3n) is 4.49. The lowest BCUT2D eigenvalue weighted by Gasteiger charge is -2.22. The van der Waals surface area contributed by atoms with E-state index < -0.39 is 0 Å². The molecule has 2 aliphatic rings. The number of hydrogen-bond acceptors (Lipinski definition) is 4. The highest BCUT2D eigenvalue weighted by Gasteiger charge is 2.16. The summed E-state index contributed by atoms with van der Waals surface area (Å²) in [6.07, 6.45) is 5.68. The summed E-state index contributed by atoms with van der Waals surface area (Å²) in [5, 5.41) is 0. The van der Waals surface area contributed by atoms with Gasteiger partial charge in [-0.25, -0.2) is 4.98 Å². The first-order valence-electron chi connectivity index (χ1n) is 8.37. The average molecular weight is 314 g/mol. The zero-order valence-electron chi connectivity index (χ0n) is 13.2. The number of imidazole rings is 1. The van der Waals surface area contributed by atoms with Crippen LogP contribution < -0.4 is 4.74 Å². The smallest absolute Gasteiger partial charge is 0.135 e. The minimum absolute atomic E-state index is 0.241. The molecule has 0 N–H and O–H groups in total. The van der Waals surface area contributed by atoms with Crippen molar-refractivity contribution in [3.63, 3.8) is 0 Å². The average Bonchev–Trinajstić information content (AvgIpc) is 3.05. The number of ether oxygens (including phenoxy) is 3. The van der Waals surface area contributed by atoms with Gasteiger partial charge >= 0.3 is 0 Å². The largest absolute Gasteiger partial charge is 0.491 e. The number of hydrogen-bond donors (Lipinski definition) is 0. The summed E-state index contributed by atoms with van der Waals surface area (Å²) >= 11 is 0. The molecule has 1 unspecified atom stereocenters. The Morgan fingerprint density at radius 1 is 1.17 bits per heavy atom. The van der Waals surface area contributed by atoms with Gasteiger partial charge in [-0.05, 0) is 43.5 Å². The summed E-state index contributed by atoms with van der Waals surface area (Å²) in [5.74, 6) is 1.89. The second-order valence-electron chi connectivity index (χ2n) is 6.09. The molecule has 1 aromatic carbocycles. The quantitative estimate of drug-likeness (QED) is 0.870. The second-order valence-corrected chi connectivity index (χ2v) is 6.09. The summed E-state index contributed by atoms with van der Waals surface area (Å²) < 4.78 is 19.2. The zero-order valence-corrected chi connectivity index (χ0v) is 13.2. The molecule has 0 amide bonds. The van der Waals surface area contributed by atoms with Gasteiger partial charge in [-0.3, -0.25) is 0 Å². The number of rotatable bonds is 4. The van der Waals surface area contributed by atoms with Crippen molar-refractivity contribution in [2.45, 2.75) is 38.5 Å². The normalized spacial score (nSPS) is 21.0. The van der Waals surface area contributed by atoms with Crippen molar-refractivity contribution >= 4 is 0 Å². The predicted octanol–water partition coefficient (Wildman–Crippen LogP) is 3.03.